The van der Waals surface area contributed by atoms with Gasteiger partial charge in [-0.2, -0.15) is 0 Å². The molecule has 2 aliphatic rings. The SMILES string of the molecule is CC1CCN(C(=O)C2CCN(c3sc(S(C)(=O)=O)cc3[N+](=O)[O-])CC2)CC1. The standard InChI is InChI=1S/C17H25N3O5S2/c1-12-3-7-18(8-4-12)16(21)13-5-9-19(10-6-13)17-14(20(22)23)11-15(26-17)27(2,24)25/h11-13H,3-10H2,1-2H3. The molecular weight excluding hydrogens is 390 g/mol. The lowest BCUT2D eigenvalue weighted by atomic mass is 9.93. The molecule has 0 aromatic carbocycles. The Hall–Kier alpha value is -1.68. The summed E-state index contributed by atoms with van der Waals surface area (Å²) < 4.78 is 23.5. The summed E-state index contributed by atoms with van der Waals surface area (Å²) >= 11 is 0.940. The fourth-order valence-electron chi connectivity index (χ4n) is 3.71. The number of rotatable bonds is 4. The van der Waals surface area contributed by atoms with Crippen molar-refractivity contribution in [3.05, 3.63) is 16.2 Å². The van der Waals surface area contributed by atoms with Gasteiger partial charge in [0, 0.05) is 44.4 Å². The highest BCUT2D eigenvalue weighted by Crippen LogP contribution is 2.41. The summed E-state index contributed by atoms with van der Waals surface area (Å²) in [5.41, 5.74) is -0.171. The number of likely N-dealkylation sites (tertiary alicyclic amines) is 1. The van der Waals surface area contributed by atoms with E-state index in [2.05, 4.69) is 6.92 Å². The van der Waals surface area contributed by atoms with Crippen molar-refractivity contribution in [2.24, 2.45) is 11.8 Å². The maximum atomic E-state index is 12.7. The Bertz CT molecular complexity index is 820. The predicted octanol–water partition coefficient (Wildman–Crippen LogP) is 2.53. The molecule has 0 N–H and O–H groups in total. The molecule has 2 fully saturated rings. The number of piperidine rings is 2. The van der Waals surface area contributed by atoms with E-state index < -0.39 is 14.8 Å². The third-order valence-corrected chi connectivity index (χ3v) is 8.45. The minimum Gasteiger partial charge on any atom is -0.358 e. The van der Waals surface area contributed by atoms with Gasteiger partial charge in [-0.15, -0.1) is 0 Å². The van der Waals surface area contributed by atoms with Crippen LogP contribution >= 0.6 is 11.3 Å². The van der Waals surface area contributed by atoms with Crippen LogP contribution in [0.5, 0.6) is 0 Å². The van der Waals surface area contributed by atoms with E-state index >= 15 is 0 Å². The molecule has 0 spiro atoms. The number of carbonyl (C=O) groups is 1. The Kier molecular flexibility index (Phi) is 5.76. The van der Waals surface area contributed by atoms with Crippen molar-refractivity contribution in [2.75, 3.05) is 37.3 Å². The van der Waals surface area contributed by atoms with Crippen molar-refractivity contribution in [2.45, 2.75) is 36.8 Å². The Morgan fingerprint density at radius 3 is 2.30 bits per heavy atom. The number of sulfone groups is 1. The van der Waals surface area contributed by atoms with Gasteiger partial charge in [-0.3, -0.25) is 14.9 Å². The summed E-state index contributed by atoms with van der Waals surface area (Å²) in [5.74, 6) is 0.807. The van der Waals surface area contributed by atoms with Crippen LogP contribution in [-0.4, -0.2) is 56.6 Å². The second-order valence-corrected chi connectivity index (χ2v) is 10.8. The second-order valence-electron chi connectivity index (χ2n) is 7.55. The third-order valence-electron chi connectivity index (χ3n) is 5.46. The van der Waals surface area contributed by atoms with Gasteiger partial charge in [0.05, 0.1) is 4.92 Å². The van der Waals surface area contributed by atoms with Crippen LogP contribution in [0, 0.1) is 22.0 Å². The molecule has 1 aromatic heterocycles. The molecular formula is C17H25N3O5S2. The maximum Gasteiger partial charge on any atom is 0.305 e. The Morgan fingerprint density at radius 2 is 1.78 bits per heavy atom. The highest BCUT2D eigenvalue weighted by molar-refractivity contribution is 7.92. The molecule has 1 amide bonds. The molecule has 10 heteroatoms. The second kappa shape index (κ2) is 7.75. The zero-order valence-electron chi connectivity index (χ0n) is 15.6. The summed E-state index contributed by atoms with van der Waals surface area (Å²) in [6.07, 6.45) is 4.40. The first-order valence-electron chi connectivity index (χ1n) is 9.19. The van der Waals surface area contributed by atoms with E-state index in [-0.39, 0.29) is 21.7 Å². The van der Waals surface area contributed by atoms with Crippen molar-refractivity contribution in [3.63, 3.8) is 0 Å². The molecule has 150 valence electrons. The van der Waals surface area contributed by atoms with Gasteiger partial charge in [0.1, 0.15) is 4.21 Å². The Balaban J connectivity index is 1.68. The normalized spacial score (nSPS) is 20.1. The highest BCUT2D eigenvalue weighted by Gasteiger charge is 2.33. The topological polar surface area (TPSA) is 101 Å². The lowest BCUT2D eigenvalue weighted by Crippen LogP contribution is -2.45. The molecule has 0 aliphatic carbocycles. The zero-order valence-corrected chi connectivity index (χ0v) is 17.2. The minimum absolute atomic E-state index is 0.00448. The molecule has 0 unspecified atom stereocenters. The van der Waals surface area contributed by atoms with Crippen LogP contribution in [0.3, 0.4) is 0 Å². The van der Waals surface area contributed by atoms with Gasteiger partial charge in [0.15, 0.2) is 14.8 Å². The molecule has 1 aromatic rings. The average molecular weight is 416 g/mol. The molecule has 27 heavy (non-hydrogen) atoms. The lowest BCUT2D eigenvalue weighted by molar-refractivity contribution is -0.383. The van der Waals surface area contributed by atoms with Gasteiger partial charge in [0.2, 0.25) is 5.91 Å². The van der Waals surface area contributed by atoms with Crippen LogP contribution in [0.2, 0.25) is 0 Å². The van der Waals surface area contributed by atoms with E-state index in [1.807, 2.05) is 9.80 Å². The van der Waals surface area contributed by atoms with E-state index in [1.54, 1.807) is 0 Å². The van der Waals surface area contributed by atoms with Gasteiger partial charge >= 0.3 is 5.69 Å². The van der Waals surface area contributed by atoms with Gasteiger partial charge < -0.3 is 9.80 Å². The Morgan fingerprint density at radius 1 is 1.19 bits per heavy atom. The molecule has 0 saturated carbocycles. The molecule has 0 bridgehead atoms. The third kappa shape index (κ3) is 4.43. The van der Waals surface area contributed by atoms with Crippen LogP contribution in [0.4, 0.5) is 10.7 Å². The van der Waals surface area contributed by atoms with Gasteiger partial charge in [-0.25, -0.2) is 8.42 Å². The van der Waals surface area contributed by atoms with Crippen molar-refractivity contribution >= 4 is 37.8 Å². The van der Waals surface area contributed by atoms with E-state index in [0.29, 0.717) is 36.9 Å². The number of nitro groups is 1. The van der Waals surface area contributed by atoms with Crippen molar-refractivity contribution in [1.82, 2.24) is 4.90 Å². The summed E-state index contributed by atoms with van der Waals surface area (Å²) in [6, 6.07) is 1.14. The summed E-state index contributed by atoms with van der Waals surface area (Å²) in [4.78, 5) is 27.3. The monoisotopic (exact) mass is 415 g/mol. The molecule has 0 atom stereocenters. The van der Waals surface area contributed by atoms with Crippen molar-refractivity contribution in [1.29, 1.82) is 0 Å². The van der Waals surface area contributed by atoms with Crippen molar-refractivity contribution in [3.8, 4) is 0 Å². The number of anilines is 1. The first kappa shape index (κ1) is 20.1. The lowest BCUT2D eigenvalue weighted by Gasteiger charge is -2.36. The van der Waals surface area contributed by atoms with Crippen LogP contribution in [0.15, 0.2) is 10.3 Å². The van der Waals surface area contributed by atoms with Gasteiger partial charge in [0.25, 0.3) is 0 Å². The quantitative estimate of drug-likeness (QED) is 0.553. The van der Waals surface area contributed by atoms with Crippen LogP contribution in [0.1, 0.15) is 32.6 Å². The Labute approximate surface area is 163 Å². The van der Waals surface area contributed by atoms with Crippen molar-refractivity contribution < 1.29 is 18.1 Å². The molecule has 3 rings (SSSR count). The highest BCUT2D eigenvalue weighted by atomic mass is 32.2. The first-order valence-corrected chi connectivity index (χ1v) is 11.9. The number of carbonyl (C=O) groups excluding carboxylic acids is 1. The van der Waals surface area contributed by atoms with E-state index in [4.69, 9.17) is 0 Å². The molecule has 3 heterocycles. The summed E-state index contributed by atoms with van der Waals surface area (Å²) in [6.45, 7) is 4.87. The van der Waals surface area contributed by atoms with Crippen LogP contribution in [-0.2, 0) is 14.6 Å². The minimum atomic E-state index is -3.49. The number of nitrogens with zero attached hydrogens (tertiary/aromatic N) is 3. The van der Waals surface area contributed by atoms with Gasteiger partial charge in [-0.05, 0) is 31.6 Å². The van der Waals surface area contributed by atoms with E-state index in [1.165, 1.54) is 0 Å². The zero-order chi connectivity index (χ0) is 19.8. The predicted molar refractivity (Wildman–Crippen MR) is 104 cm³/mol. The maximum absolute atomic E-state index is 12.7. The van der Waals surface area contributed by atoms with E-state index in [0.717, 1.165) is 49.6 Å². The van der Waals surface area contributed by atoms with Crippen LogP contribution in [0.25, 0.3) is 0 Å². The first-order chi connectivity index (χ1) is 12.7. The van der Waals surface area contributed by atoms with E-state index in [9.17, 15) is 23.3 Å². The largest absolute Gasteiger partial charge is 0.358 e. The van der Waals surface area contributed by atoms with Crippen LogP contribution < -0.4 is 4.90 Å². The average Bonchev–Trinajstić information content (AvgIpc) is 3.08. The number of amides is 1. The molecule has 2 aliphatic heterocycles. The fourth-order valence-corrected chi connectivity index (χ4v) is 5.79. The number of thiophene rings is 1. The summed E-state index contributed by atoms with van der Waals surface area (Å²) in [5, 5.41) is 11.7. The molecule has 2 saturated heterocycles. The molecule has 8 nitrogen and oxygen atoms in total. The number of hydrogen-bond donors (Lipinski definition) is 0. The summed E-state index contributed by atoms with van der Waals surface area (Å²) in [7, 11) is -3.49. The number of hydrogen-bond acceptors (Lipinski definition) is 7. The smallest absolute Gasteiger partial charge is 0.305 e. The molecule has 0 radical (unpaired) electrons. The van der Waals surface area contributed by atoms with Gasteiger partial charge in [-0.1, -0.05) is 18.3 Å². The fraction of sp³-hybridized carbons (Fsp3) is 0.706.